The lowest BCUT2D eigenvalue weighted by Crippen LogP contribution is -2.37. The molecule has 0 saturated carbocycles. The minimum absolute atomic E-state index is 0.0612. The number of carbonyl (C=O) groups is 2. The van der Waals surface area contributed by atoms with Gasteiger partial charge in [-0.2, -0.15) is 0 Å². The van der Waals surface area contributed by atoms with E-state index < -0.39 is 5.82 Å². The summed E-state index contributed by atoms with van der Waals surface area (Å²) in [5.41, 5.74) is 1.29. The van der Waals surface area contributed by atoms with Crippen LogP contribution in [0.15, 0.2) is 54.6 Å². The third-order valence-corrected chi connectivity index (χ3v) is 3.42. The first-order valence-corrected chi connectivity index (χ1v) is 7.39. The lowest BCUT2D eigenvalue weighted by Gasteiger charge is -2.21. The number of benzene rings is 2. The Balaban J connectivity index is 1.87. The van der Waals surface area contributed by atoms with Gasteiger partial charge in [0.2, 0.25) is 5.91 Å². The summed E-state index contributed by atoms with van der Waals surface area (Å²) in [5, 5.41) is 2.70. The molecule has 23 heavy (non-hydrogen) atoms. The van der Waals surface area contributed by atoms with Crippen molar-refractivity contribution in [2.45, 2.75) is 13.5 Å². The van der Waals surface area contributed by atoms with Crippen molar-refractivity contribution in [1.29, 1.82) is 0 Å². The molecule has 2 aromatic carbocycles. The van der Waals surface area contributed by atoms with Crippen LogP contribution >= 0.6 is 0 Å². The predicted molar refractivity (Wildman–Crippen MR) is 86.3 cm³/mol. The molecule has 0 heterocycles. The van der Waals surface area contributed by atoms with Gasteiger partial charge < -0.3 is 10.2 Å². The zero-order valence-electron chi connectivity index (χ0n) is 13.0. The molecule has 2 amide bonds. The van der Waals surface area contributed by atoms with E-state index in [1.54, 1.807) is 11.0 Å². The first-order chi connectivity index (χ1) is 11.1. The van der Waals surface area contributed by atoms with E-state index in [2.05, 4.69) is 5.32 Å². The summed E-state index contributed by atoms with van der Waals surface area (Å²) in [6, 6.07) is 15.1. The van der Waals surface area contributed by atoms with Crippen LogP contribution in [0.2, 0.25) is 0 Å². The molecular weight excluding hydrogens is 295 g/mol. The normalized spacial score (nSPS) is 10.2. The minimum atomic E-state index is -0.452. The monoisotopic (exact) mass is 314 g/mol. The second kappa shape index (κ2) is 8.08. The van der Waals surface area contributed by atoms with Gasteiger partial charge in [-0.25, -0.2) is 4.39 Å². The molecule has 0 unspecified atom stereocenters. The van der Waals surface area contributed by atoms with Gasteiger partial charge in [0, 0.05) is 32.1 Å². The lowest BCUT2D eigenvalue weighted by molar-refractivity contribution is -0.129. The molecule has 0 aromatic heterocycles. The number of rotatable bonds is 6. The molecule has 0 aliphatic heterocycles. The molecule has 1 N–H and O–H groups in total. The average Bonchev–Trinajstić information content (AvgIpc) is 2.54. The van der Waals surface area contributed by atoms with Crippen LogP contribution in [0.3, 0.4) is 0 Å². The van der Waals surface area contributed by atoms with Crippen molar-refractivity contribution in [1.82, 2.24) is 10.2 Å². The van der Waals surface area contributed by atoms with Crippen molar-refractivity contribution in [2.75, 3.05) is 13.1 Å². The van der Waals surface area contributed by atoms with Crippen molar-refractivity contribution >= 4 is 11.8 Å². The Labute approximate surface area is 134 Å². The Morgan fingerprint density at radius 1 is 1.09 bits per heavy atom. The number of hydrogen-bond donors (Lipinski definition) is 1. The van der Waals surface area contributed by atoms with Crippen molar-refractivity contribution in [2.24, 2.45) is 0 Å². The zero-order valence-corrected chi connectivity index (χ0v) is 13.0. The molecule has 120 valence electrons. The minimum Gasteiger partial charge on any atom is -0.350 e. The molecule has 4 nitrogen and oxygen atoms in total. The Morgan fingerprint density at radius 2 is 1.83 bits per heavy atom. The van der Waals surface area contributed by atoms with Gasteiger partial charge in [0.25, 0.3) is 5.91 Å². The van der Waals surface area contributed by atoms with E-state index in [1.807, 2.05) is 30.3 Å². The predicted octanol–water partition coefficient (Wildman–Crippen LogP) is 2.60. The molecule has 0 fully saturated rings. The summed E-state index contributed by atoms with van der Waals surface area (Å²) in [7, 11) is 0. The highest BCUT2D eigenvalue weighted by molar-refractivity contribution is 5.94. The van der Waals surface area contributed by atoms with Crippen LogP contribution in [0.5, 0.6) is 0 Å². The van der Waals surface area contributed by atoms with Gasteiger partial charge in [-0.1, -0.05) is 36.4 Å². The van der Waals surface area contributed by atoms with Gasteiger partial charge in [0.1, 0.15) is 5.82 Å². The Kier molecular flexibility index (Phi) is 5.86. The van der Waals surface area contributed by atoms with Crippen LogP contribution in [-0.4, -0.2) is 29.8 Å². The number of carbonyl (C=O) groups excluding carboxylic acids is 2. The highest BCUT2D eigenvalue weighted by atomic mass is 19.1. The highest BCUT2D eigenvalue weighted by Crippen LogP contribution is 2.05. The fraction of sp³-hybridized carbons (Fsp3) is 0.222. The average molecular weight is 314 g/mol. The van der Waals surface area contributed by atoms with E-state index >= 15 is 0 Å². The number of amides is 2. The molecule has 0 aliphatic rings. The number of hydrogen-bond acceptors (Lipinski definition) is 2. The molecule has 0 radical (unpaired) electrons. The largest absolute Gasteiger partial charge is 0.350 e. The third kappa shape index (κ3) is 5.21. The smallest absolute Gasteiger partial charge is 0.251 e. The van der Waals surface area contributed by atoms with Crippen molar-refractivity contribution in [3.05, 3.63) is 71.5 Å². The maximum atomic E-state index is 13.1. The molecule has 0 aliphatic carbocycles. The zero-order chi connectivity index (χ0) is 16.7. The van der Waals surface area contributed by atoms with Crippen LogP contribution in [0.1, 0.15) is 22.8 Å². The van der Waals surface area contributed by atoms with Gasteiger partial charge in [-0.15, -0.1) is 0 Å². The van der Waals surface area contributed by atoms with E-state index in [0.717, 1.165) is 5.56 Å². The van der Waals surface area contributed by atoms with Crippen LogP contribution < -0.4 is 5.32 Å². The van der Waals surface area contributed by atoms with E-state index in [0.29, 0.717) is 19.6 Å². The van der Waals surface area contributed by atoms with E-state index in [1.165, 1.54) is 25.1 Å². The Bertz CT molecular complexity index is 674. The highest BCUT2D eigenvalue weighted by Gasteiger charge is 2.11. The fourth-order valence-corrected chi connectivity index (χ4v) is 2.19. The van der Waals surface area contributed by atoms with E-state index in [9.17, 15) is 14.0 Å². The standard InChI is InChI=1S/C18H19FN2O2/c1-14(22)21(13-15-6-3-2-4-7-15)11-10-20-18(23)16-8-5-9-17(19)12-16/h2-9,12H,10-11,13H2,1H3,(H,20,23). The second-order valence-electron chi connectivity index (χ2n) is 5.19. The maximum Gasteiger partial charge on any atom is 0.251 e. The Hall–Kier alpha value is -2.69. The van der Waals surface area contributed by atoms with Crippen molar-refractivity contribution in [3.63, 3.8) is 0 Å². The van der Waals surface area contributed by atoms with Crippen LogP contribution in [0, 0.1) is 5.82 Å². The summed E-state index contributed by atoms with van der Waals surface area (Å²) >= 11 is 0. The Morgan fingerprint density at radius 3 is 2.48 bits per heavy atom. The van der Waals surface area contributed by atoms with Crippen LogP contribution in [0.25, 0.3) is 0 Å². The van der Waals surface area contributed by atoms with Crippen LogP contribution in [-0.2, 0) is 11.3 Å². The quantitative estimate of drug-likeness (QED) is 0.891. The van der Waals surface area contributed by atoms with E-state index in [4.69, 9.17) is 0 Å². The first-order valence-electron chi connectivity index (χ1n) is 7.39. The van der Waals surface area contributed by atoms with Crippen molar-refractivity contribution in [3.8, 4) is 0 Å². The molecule has 2 rings (SSSR count). The summed E-state index contributed by atoms with van der Waals surface area (Å²) in [5.74, 6) is -0.867. The summed E-state index contributed by atoms with van der Waals surface area (Å²) in [6.07, 6.45) is 0. The fourth-order valence-electron chi connectivity index (χ4n) is 2.19. The number of halogens is 1. The first kappa shape index (κ1) is 16.7. The molecular formula is C18H19FN2O2. The molecule has 0 atom stereocenters. The molecule has 5 heteroatoms. The molecule has 0 bridgehead atoms. The summed E-state index contributed by atoms with van der Waals surface area (Å²) < 4.78 is 13.1. The number of nitrogens with zero attached hydrogens (tertiary/aromatic N) is 1. The second-order valence-corrected chi connectivity index (χ2v) is 5.19. The molecule has 0 saturated heterocycles. The summed E-state index contributed by atoms with van der Waals surface area (Å²) in [6.45, 7) is 2.69. The molecule has 0 spiro atoms. The van der Waals surface area contributed by atoms with Gasteiger partial charge >= 0.3 is 0 Å². The third-order valence-electron chi connectivity index (χ3n) is 3.42. The lowest BCUT2D eigenvalue weighted by atomic mass is 10.2. The summed E-state index contributed by atoms with van der Waals surface area (Å²) in [4.78, 5) is 25.3. The van der Waals surface area contributed by atoms with Crippen molar-refractivity contribution < 1.29 is 14.0 Å². The van der Waals surface area contributed by atoms with Gasteiger partial charge in [0.05, 0.1) is 0 Å². The molecule has 2 aromatic rings. The van der Waals surface area contributed by atoms with Crippen LogP contribution in [0.4, 0.5) is 4.39 Å². The maximum absolute atomic E-state index is 13.1. The van der Waals surface area contributed by atoms with Gasteiger partial charge in [0.15, 0.2) is 0 Å². The SMILES string of the molecule is CC(=O)N(CCNC(=O)c1cccc(F)c1)Cc1ccccc1. The topological polar surface area (TPSA) is 49.4 Å². The number of nitrogens with one attached hydrogen (secondary N) is 1. The van der Waals surface area contributed by atoms with Gasteiger partial charge in [-0.05, 0) is 23.8 Å². The van der Waals surface area contributed by atoms with Gasteiger partial charge in [-0.3, -0.25) is 9.59 Å². The van der Waals surface area contributed by atoms with E-state index in [-0.39, 0.29) is 17.4 Å².